The first-order valence-electron chi connectivity index (χ1n) is 7.68. The molecule has 0 aromatic heterocycles. The highest BCUT2D eigenvalue weighted by molar-refractivity contribution is 5.99. The maximum absolute atomic E-state index is 13.1. The van der Waals surface area contributed by atoms with E-state index in [4.69, 9.17) is 5.11 Å². The summed E-state index contributed by atoms with van der Waals surface area (Å²) >= 11 is 0. The lowest BCUT2D eigenvalue weighted by Gasteiger charge is -2.21. The number of hydrogen-bond donors (Lipinski definition) is 3. The van der Waals surface area contributed by atoms with E-state index >= 15 is 0 Å². The Bertz CT molecular complexity index is 746. The van der Waals surface area contributed by atoms with Crippen LogP contribution in [0.4, 0.5) is 18.9 Å². The number of hydrogen-bond acceptors (Lipinski definition) is 4. The molecule has 0 saturated carbocycles. The molecule has 1 unspecified atom stereocenters. The van der Waals surface area contributed by atoms with Gasteiger partial charge in [0.2, 0.25) is 5.91 Å². The number of nitrogens with one attached hydrogen (secondary N) is 1. The molecule has 1 heterocycles. The van der Waals surface area contributed by atoms with Gasteiger partial charge in [0.05, 0.1) is 12.1 Å². The molecule has 1 aromatic carbocycles. The van der Waals surface area contributed by atoms with Crippen molar-refractivity contribution in [3.8, 4) is 0 Å². The van der Waals surface area contributed by atoms with Gasteiger partial charge >= 0.3 is 12.1 Å². The zero-order chi connectivity index (χ0) is 19.7. The van der Waals surface area contributed by atoms with E-state index in [1.807, 2.05) is 0 Å². The van der Waals surface area contributed by atoms with Crippen LogP contribution in [0.3, 0.4) is 0 Å². The Morgan fingerprint density at radius 3 is 2.42 bits per heavy atom. The number of carboxylic acids is 1. The largest absolute Gasteiger partial charge is 0.479 e. The molecule has 1 aliphatic heterocycles. The summed E-state index contributed by atoms with van der Waals surface area (Å²) in [6.07, 6.45) is -4.03. The van der Waals surface area contributed by atoms with E-state index in [2.05, 4.69) is 5.32 Å². The van der Waals surface area contributed by atoms with Crippen molar-refractivity contribution < 1.29 is 37.8 Å². The fraction of sp³-hybridized carbons (Fsp3) is 0.438. The molecule has 1 aliphatic rings. The number of carbonyl (C=O) groups is 3. The molecule has 7 nitrogen and oxygen atoms in total. The number of carboxylic acid groups (broad SMARTS) is 1. The first kappa shape index (κ1) is 19.7. The quantitative estimate of drug-likeness (QED) is 0.722. The van der Waals surface area contributed by atoms with Gasteiger partial charge in [0.1, 0.15) is 0 Å². The minimum atomic E-state index is -4.74. The molecular weight excluding hydrogens is 357 g/mol. The molecule has 1 atom stereocenters. The van der Waals surface area contributed by atoms with Crippen molar-refractivity contribution in [1.82, 2.24) is 5.32 Å². The minimum Gasteiger partial charge on any atom is -0.479 e. The summed E-state index contributed by atoms with van der Waals surface area (Å²) in [7, 11) is 0. The highest BCUT2D eigenvalue weighted by Gasteiger charge is 2.34. The number of nitrogens with zero attached hydrogens (tertiary/aromatic N) is 1. The number of halogens is 3. The SMILES string of the molecule is CC(O)(CNC(=O)c1cc(N2CCCC2=O)cc(C(F)(F)F)c1)C(=O)O. The van der Waals surface area contributed by atoms with Crippen molar-refractivity contribution in [3.63, 3.8) is 0 Å². The Hall–Kier alpha value is -2.62. The average molecular weight is 374 g/mol. The van der Waals surface area contributed by atoms with Gasteiger partial charge in [0, 0.05) is 24.2 Å². The Kier molecular flexibility index (Phi) is 5.26. The number of alkyl halides is 3. The Balaban J connectivity index is 2.33. The predicted molar refractivity (Wildman–Crippen MR) is 83.6 cm³/mol. The van der Waals surface area contributed by atoms with Crippen LogP contribution in [-0.4, -0.2) is 46.7 Å². The van der Waals surface area contributed by atoms with E-state index in [1.54, 1.807) is 0 Å². The summed E-state index contributed by atoms with van der Waals surface area (Å²) in [6, 6.07) is 2.52. The number of aliphatic hydroxyl groups is 1. The standard InChI is InChI=1S/C16H17F3N2O5/c1-15(26,14(24)25)8-20-13(23)9-5-10(16(17,18)19)7-11(6-9)21-4-2-3-12(21)22/h5-7,26H,2-4,8H2,1H3,(H,20,23)(H,24,25). The van der Waals surface area contributed by atoms with Gasteiger partial charge in [-0.2, -0.15) is 13.2 Å². The fourth-order valence-electron chi connectivity index (χ4n) is 2.41. The maximum Gasteiger partial charge on any atom is 0.416 e. The normalized spacial score (nSPS) is 17.1. The average Bonchev–Trinajstić information content (AvgIpc) is 2.97. The Labute approximate surface area is 146 Å². The highest BCUT2D eigenvalue weighted by Crippen LogP contribution is 2.34. The van der Waals surface area contributed by atoms with Crippen LogP contribution in [0, 0.1) is 0 Å². The molecule has 0 radical (unpaired) electrons. The molecule has 2 rings (SSSR count). The van der Waals surface area contributed by atoms with Crippen molar-refractivity contribution in [2.24, 2.45) is 0 Å². The smallest absolute Gasteiger partial charge is 0.416 e. The van der Waals surface area contributed by atoms with Crippen molar-refractivity contribution >= 4 is 23.5 Å². The van der Waals surface area contributed by atoms with Crippen LogP contribution in [0.25, 0.3) is 0 Å². The van der Waals surface area contributed by atoms with Crippen molar-refractivity contribution in [3.05, 3.63) is 29.3 Å². The second kappa shape index (κ2) is 6.94. The van der Waals surface area contributed by atoms with Crippen LogP contribution in [0.1, 0.15) is 35.7 Å². The Morgan fingerprint density at radius 2 is 1.92 bits per heavy atom. The second-order valence-electron chi connectivity index (χ2n) is 6.18. The third-order valence-electron chi connectivity index (χ3n) is 3.95. The van der Waals surface area contributed by atoms with Crippen LogP contribution < -0.4 is 10.2 Å². The van der Waals surface area contributed by atoms with Crippen LogP contribution in [0.15, 0.2) is 18.2 Å². The van der Waals surface area contributed by atoms with Gasteiger partial charge in [-0.1, -0.05) is 0 Å². The van der Waals surface area contributed by atoms with Crippen molar-refractivity contribution in [1.29, 1.82) is 0 Å². The molecule has 0 spiro atoms. The van der Waals surface area contributed by atoms with Crippen LogP contribution in [0.5, 0.6) is 0 Å². The van der Waals surface area contributed by atoms with E-state index in [0.29, 0.717) is 12.5 Å². The number of carbonyl (C=O) groups excluding carboxylic acids is 2. The van der Waals surface area contributed by atoms with Gasteiger partial charge < -0.3 is 20.4 Å². The molecule has 1 saturated heterocycles. The lowest BCUT2D eigenvalue weighted by atomic mass is 10.1. The number of rotatable bonds is 5. The van der Waals surface area contributed by atoms with E-state index < -0.39 is 41.3 Å². The molecule has 0 aliphatic carbocycles. The third kappa shape index (κ3) is 4.31. The lowest BCUT2D eigenvalue weighted by Crippen LogP contribution is -2.46. The van der Waals surface area contributed by atoms with Crippen molar-refractivity contribution in [2.75, 3.05) is 18.0 Å². The molecule has 10 heteroatoms. The molecule has 1 fully saturated rings. The zero-order valence-corrected chi connectivity index (χ0v) is 13.8. The monoisotopic (exact) mass is 374 g/mol. The summed E-state index contributed by atoms with van der Waals surface area (Å²) < 4.78 is 39.4. The van der Waals surface area contributed by atoms with Crippen molar-refractivity contribution in [2.45, 2.75) is 31.5 Å². The number of amides is 2. The van der Waals surface area contributed by atoms with Crippen LogP contribution in [0.2, 0.25) is 0 Å². The van der Waals surface area contributed by atoms with Crippen LogP contribution >= 0.6 is 0 Å². The van der Waals surface area contributed by atoms with Gasteiger partial charge in [-0.05, 0) is 31.5 Å². The zero-order valence-electron chi connectivity index (χ0n) is 13.8. The molecular formula is C16H17F3N2O5. The van der Waals surface area contributed by atoms with Gasteiger partial charge in [0.25, 0.3) is 5.91 Å². The first-order valence-corrected chi connectivity index (χ1v) is 7.68. The second-order valence-corrected chi connectivity index (χ2v) is 6.18. The van der Waals surface area contributed by atoms with E-state index in [1.165, 1.54) is 4.90 Å². The Morgan fingerprint density at radius 1 is 1.27 bits per heavy atom. The fourth-order valence-corrected chi connectivity index (χ4v) is 2.41. The lowest BCUT2D eigenvalue weighted by molar-refractivity contribution is -0.155. The molecule has 1 aromatic rings. The summed E-state index contributed by atoms with van der Waals surface area (Å²) in [6.45, 7) is 0.487. The van der Waals surface area contributed by atoms with Gasteiger partial charge in [0.15, 0.2) is 5.60 Å². The van der Waals surface area contributed by atoms with Gasteiger partial charge in [-0.25, -0.2) is 4.79 Å². The van der Waals surface area contributed by atoms with E-state index in [-0.39, 0.29) is 24.6 Å². The van der Waals surface area contributed by atoms with Crippen LogP contribution in [-0.2, 0) is 15.8 Å². The van der Waals surface area contributed by atoms with E-state index in [0.717, 1.165) is 19.1 Å². The molecule has 0 bridgehead atoms. The number of anilines is 1. The van der Waals surface area contributed by atoms with Gasteiger partial charge in [-0.3, -0.25) is 9.59 Å². The number of benzene rings is 1. The molecule has 142 valence electrons. The third-order valence-corrected chi connectivity index (χ3v) is 3.95. The molecule has 2 amide bonds. The maximum atomic E-state index is 13.1. The summed E-state index contributed by atoms with van der Waals surface area (Å²) in [5.74, 6) is -2.93. The molecule has 26 heavy (non-hydrogen) atoms. The van der Waals surface area contributed by atoms with Gasteiger partial charge in [-0.15, -0.1) is 0 Å². The summed E-state index contributed by atoms with van der Waals surface area (Å²) in [5.41, 5.74) is -3.83. The van der Waals surface area contributed by atoms with E-state index in [9.17, 15) is 32.7 Å². The highest BCUT2D eigenvalue weighted by atomic mass is 19.4. The first-order chi connectivity index (χ1) is 11.9. The summed E-state index contributed by atoms with van der Waals surface area (Å²) in [4.78, 5) is 35.9. The topological polar surface area (TPSA) is 107 Å². The molecule has 3 N–H and O–H groups in total. The summed E-state index contributed by atoms with van der Waals surface area (Å²) in [5, 5.41) is 20.5. The number of aliphatic carboxylic acids is 1. The predicted octanol–water partition coefficient (Wildman–Crippen LogP) is 1.40. The minimum absolute atomic E-state index is 0.0579.